The highest BCUT2D eigenvalue weighted by molar-refractivity contribution is 8.13. The molecule has 0 bridgehead atoms. The van der Waals surface area contributed by atoms with E-state index < -0.39 is 14.9 Å². The largest absolute Gasteiger partial charge is 0.298 e. The Morgan fingerprint density at radius 2 is 2.00 bits per heavy atom. The first-order valence-corrected chi connectivity index (χ1v) is 8.72. The van der Waals surface area contributed by atoms with Gasteiger partial charge in [0.2, 0.25) is 0 Å². The fraction of sp³-hybridized carbons (Fsp3) is 0.333. The lowest BCUT2D eigenvalue weighted by atomic mass is 10.1. The molecule has 0 fully saturated rings. The summed E-state index contributed by atoms with van der Waals surface area (Å²) in [6.07, 6.45) is 0.0170. The molecule has 0 N–H and O–H groups in total. The van der Waals surface area contributed by atoms with E-state index in [1.165, 1.54) is 16.7 Å². The van der Waals surface area contributed by atoms with Gasteiger partial charge in [0.05, 0.1) is 0 Å². The van der Waals surface area contributed by atoms with Crippen LogP contribution >= 0.6 is 22.3 Å². The summed E-state index contributed by atoms with van der Waals surface area (Å²) >= 11 is 5.97. The van der Waals surface area contributed by atoms with Gasteiger partial charge in [-0.15, -0.1) is 10.2 Å². The molecule has 1 aromatic carbocycles. The predicted molar refractivity (Wildman–Crippen MR) is 77.7 cm³/mol. The van der Waals surface area contributed by atoms with E-state index in [-0.39, 0.29) is 34.0 Å². The molecule has 114 valence electrons. The highest BCUT2D eigenvalue weighted by Crippen LogP contribution is 2.25. The van der Waals surface area contributed by atoms with E-state index in [2.05, 4.69) is 10.2 Å². The zero-order chi connectivity index (χ0) is 15.8. The number of hydrogen-bond donors (Lipinski definition) is 0. The van der Waals surface area contributed by atoms with E-state index in [0.29, 0.717) is 0 Å². The molecule has 0 aliphatic carbocycles. The topological polar surface area (TPSA) is 64.8 Å². The molecule has 0 radical (unpaired) electrons. The standard InChI is InChI=1S/C12H12Cl2FN3O2S/c1-7(2)18-11(16-17-12(18)21(14,19)20)6-8-9(13)4-3-5-10(8)15/h3-5,7H,6H2,1-2H3. The summed E-state index contributed by atoms with van der Waals surface area (Å²) in [5.74, 6) is -0.215. The van der Waals surface area contributed by atoms with Crippen LogP contribution in [0.15, 0.2) is 23.4 Å². The first kappa shape index (κ1) is 16.2. The molecule has 0 spiro atoms. The maximum absolute atomic E-state index is 13.8. The molecule has 0 aliphatic rings. The van der Waals surface area contributed by atoms with Crippen molar-refractivity contribution in [3.63, 3.8) is 0 Å². The molecule has 5 nitrogen and oxygen atoms in total. The average molecular weight is 352 g/mol. The first-order chi connectivity index (χ1) is 9.71. The van der Waals surface area contributed by atoms with Crippen molar-refractivity contribution in [1.82, 2.24) is 14.8 Å². The zero-order valence-electron chi connectivity index (χ0n) is 11.2. The summed E-state index contributed by atoms with van der Waals surface area (Å²) < 4.78 is 38.2. The van der Waals surface area contributed by atoms with E-state index in [4.69, 9.17) is 22.3 Å². The predicted octanol–water partition coefficient (Wildman–Crippen LogP) is 3.17. The Hall–Kier alpha value is -1.18. The van der Waals surface area contributed by atoms with Crippen LogP contribution in [0.2, 0.25) is 5.02 Å². The number of halogens is 3. The van der Waals surface area contributed by atoms with Crippen molar-refractivity contribution >= 4 is 31.3 Å². The molecule has 0 saturated heterocycles. The van der Waals surface area contributed by atoms with Crippen molar-refractivity contribution in [3.05, 3.63) is 40.4 Å². The lowest BCUT2D eigenvalue weighted by molar-refractivity contribution is 0.510. The highest BCUT2D eigenvalue weighted by Gasteiger charge is 2.25. The van der Waals surface area contributed by atoms with Gasteiger partial charge in [-0.25, -0.2) is 12.8 Å². The van der Waals surface area contributed by atoms with E-state index in [1.54, 1.807) is 19.9 Å². The summed E-state index contributed by atoms with van der Waals surface area (Å²) in [6.45, 7) is 3.50. The molecule has 0 amide bonds. The Kier molecular flexibility index (Phi) is 4.55. The van der Waals surface area contributed by atoms with Gasteiger partial charge in [0, 0.05) is 33.7 Å². The molecule has 2 aromatic rings. The summed E-state index contributed by atoms with van der Waals surface area (Å²) in [6, 6.07) is 4.05. The number of nitrogens with zero attached hydrogens (tertiary/aromatic N) is 3. The van der Waals surface area contributed by atoms with Gasteiger partial charge in [-0.1, -0.05) is 17.7 Å². The lowest BCUT2D eigenvalue weighted by Crippen LogP contribution is -2.12. The Balaban J connectivity index is 2.54. The van der Waals surface area contributed by atoms with Gasteiger partial charge in [-0.05, 0) is 26.0 Å². The first-order valence-electron chi connectivity index (χ1n) is 6.03. The van der Waals surface area contributed by atoms with E-state index in [0.717, 1.165) is 0 Å². The molecule has 0 atom stereocenters. The van der Waals surface area contributed by atoms with Crippen LogP contribution in [-0.4, -0.2) is 23.2 Å². The molecule has 21 heavy (non-hydrogen) atoms. The minimum Gasteiger partial charge on any atom is -0.298 e. The normalized spacial score (nSPS) is 12.1. The second-order valence-electron chi connectivity index (χ2n) is 4.68. The molecule has 0 aliphatic heterocycles. The maximum atomic E-state index is 13.8. The van der Waals surface area contributed by atoms with Crippen LogP contribution in [-0.2, 0) is 15.5 Å². The molecular formula is C12H12Cl2FN3O2S. The van der Waals surface area contributed by atoms with Crippen LogP contribution < -0.4 is 0 Å². The van der Waals surface area contributed by atoms with Gasteiger partial charge in [-0.2, -0.15) is 0 Å². The number of benzene rings is 1. The van der Waals surface area contributed by atoms with Crippen LogP contribution in [0.4, 0.5) is 4.39 Å². The minimum absolute atomic E-state index is 0.0170. The summed E-state index contributed by atoms with van der Waals surface area (Å²) in [5, 5.41) is 7.28. The number of aromatic nitrogens is 3. The van der Waals surface area contributed by atoms with E-state index in [1.807, 2.05) is 0 Å². The van der Waals surface area contributed by atoms with Gasteiger partial charge in [0.1, 0.15) is 11.6 Å². The van der Waals surface area contributed by atoms with Crippen LogP contribution in [0, 0.1) is 5.82 Å². The lowest BCUT2D eigenvalue weighted by Gasteiger charge is -2.13. The van der Waals surface area contributed by atoms with E-state index >= 15 is 0 Å². The second kappa shape index (κ2) is 5.90. The number of rotatable bonds is 4. The SMILES string of the molecule is CC(C)n1c(Cc2c(F)cccc2Cl)nnc1S(=O)(=O)Cl. The Bertz CT molecular complexity index is 755. The van der Waals surface area contributed by atoms with Gasteiger partial charge in [0.25, 0.3) is 14.2 Å². The monoisotopic (exact) mass is 351 g/mol. The second-order valence-corrected chi connectivity index (χ2v) is 7.54. The van der Waals surface area contributed by atoms with Crippen molar-refractivity contribution in [1.29, 1.82) is 0 Å². The fourth-order valence-electron chi connectivity index (χ4n) is 1.97. The zero-order valence-corrected chi connectivity index (χ0v) is 13.5. The quantitative estimate of drug-likeness (QED) is 0.793. The van der Waals surface area contributed by atoms with Crippen molar-refractivity contribution < 1.29 is 12.8 Å². The van der Waals surface area contributed by atoms with Crippen molar-refractivity contribution in [2.45, 2.75) is 31.5 Å². The van der Waals surface area contributed by atoms with Gasteiger partial charge < -0.3 is 0 Å². The maximum Gasteiger partial charge on any atom is 0.296 e. The van der Waals surface area contributed by atoms with Gasteiger partial charge >= 0.3 is 0 Å². The number of hydrogen-bond acceptors (Lipinski definition) is 4. The van der Waals surface area contributed by atoms with Gasteiger partial charge in [0.15, 0.2) is 0 Å². The van der Waals surface area contributed by atoms with Crippen molar-refractivity contribution in [2.75, 3.05) is 0 Å². The summed E-state index contributed by atoms with van der Waals surface area (Å²) in [5.41, 5.74) is 0.229. The van der Waals surface area contributed by atoms with Crippen LogP contribution in [0.1, 0.15) is 31.3 Å². The summed E-state index contributed by atoms with van der Waals surface area (Å²) in [7, 11) is 1.30. The van der Waals surface area contributed by atoms with Crippen LogP contribution in [0.5, 0.6) is 0 Å². The third-order valence-electron chi connectivity index (χ3n) is 2.87. The minimum atomic E-state index is -4.04. The Morgan fingerprint density at radius 1 is 1.33 bits per heavy atom. The molecule has 1 heterocycles. The smallest absolute Gasteiger partial charge is 0.296 e. The third-order valence-corrected chi connectivity index (χ3v) is 4.35. The molecule has 0 saturated carbocycles. The highest BCUT2D eigenvalue weighted by atomic mass is 35.7. The molecule has 1 aromatic heterocycles. The van der Waals surface area contributed by atoms with Crippen molar-refractivity contribution in [3.8, 4) is 0 Å². The molecule has 2 rings (SSSR count). The Morgan fingerprint density at radius 3 is 2.52 bits per heavy atom. The van der Waals surface area contributed by atoms with Gasteiger partial charge in [-0.3, -0.25) is 4.57 Å². The van der Waals surface area contributed by atoms with Crippen LogP contribution in [0.3, 0.4) is 0 Å². The Labute approximate surface area is 131 Å². The van der Waals surface area contributed by atoms with Crippen LogP contribution in [0.25, 0.3) is 0 Å². The molecular weight excluding hydrogens is 340 g/mol. The fourth-order valence-corrected chi connectivity index (χ4v) is 3.21. The molecule has 9 heteroatoms. The molecule has 0 unspecified atom stereocenters. The third kappa shape index (κ3) is 3.36. The van der Waals surface area contributed by atoms with Crippen molar-refractivity contribution in [2.24, 2.45) is 0 Å². The average Bonchev–Trinajstić information content (AvgIpc) is 2.77. The van der Waals surface area contributed by atoms with E-state index in [9.17, 15) is 12.8 Å². The summed E-state index contributed by atoms with van der Waals surface area (Å²) in [4.78, 5) is 0.